The summed E-state index contributed by atoms with van der Waals surface area (Å²) in [5.41, 5.74) is 0.344. The van der Waals surface area contributed by atoms with Crippen LogP contribution in [-0.2, 0) is 0 Å². The van der Waals surface area contributed by atoms with Crippen LogP contribution in [0.5, 0.6) is 5.88 Å². The molecule has 0 aromatic carbocycles. The number of ether oxygens (including phenoxy) is 1. The van der Waals surface area contributed by atoms with Gasteiger partial charge in [-0.15, -0.1) is 0 Å². The van der Waals surface area contributed by atoms with Crippen molar-refractivity contribution < 1.29 is 14.1 Å². The van der Waals surface area contributed by atoms with E-state index in [1.54, 1.807) is 30.2 Å². The smallest absolute Gasteiger partial charge is 0.276 e. The highest BCUT2D eigenvalue weighted by molar-refractivity contribution is 5.92. The van der Waals surface area contributed by atoms with Crippen LogP contribution in [0.25, 0.3) is 0 Å². The molecule has 22 heavy (non-hydrogen) atoms. The van der Waals surface area contributed by atoms with Crippen LogP contribution >= 0.6 is 0 Å². The number of nitrogens with zero attached hydrogens (tertiary/aromatic N) is 4. The summed E-state index contributed by atoms with van der Waals surface area (Å²) in [7, 11) is 0. The van der Waals surface area contributed by atoms with Crippen LogP contribution in [0.2, 0.25) is 0 Å². The Kier molecular flexibility index (Phi) is 4.04. The molecule has 1 unspecified atom stereocenters. The predicted octanol–water partition coefficient (Wildman–Crippen LogP) is 1.77. The molecule has 7 heteroatoms. The van der Waals surface area contributed by atoms with Gasteiger partial charge in [0.05, 0.1) is 6.54 Å². The molecule has 0 aliphatic carbocycles. The molecule has 0 bridgehead atoms. The summed E-state index contributed by atoms with van der Waals surface area (Å²) in [4.78, 5) is 22.4. The first kappa shape index (κ1) is 14.5. The zero-order valence-corrected chi connectivity index (χ0v) is 12.7. The fraction of sp³-hybridized carbons (Fsp3) is 0.467. The maximum atomic E-state index is 12.4. The summed E-state index contributed by atoms with van der Waals surface area (Å²) in [6.45, 7) is 4.81. The largest absolute Gasteiger partial charge is 0.472 e. The van der Waals surface area contributed by atoms with Crippen molar-refractivity contribution in [2.75, 3.05) is 13.1 Å². The average Bonchev–Trinajstić information content (AvgIpc) is 2.93. The Labute approximate surface area is 128 Å². The molecule has 1 atom stereocenters. The second-order valence-corrected chi connectivity index (χ2v) is 5.40. The van der Waals surface area contributed by atoms with Crippen LogP contribution in [-0.4, -0.2) is 45.1 Å². The van der Waals surface area contributed by atoms with Crippen LogP contribution in [0.4, 0.5) is 0 Å². The molecule has 1 aliphatic rings. The second kappa shape index (κ2) is 6.13. The standard InChI is InChI=1S/C15H18N4O3/c1-10-8-13(18-22-10)15(20)19-7-3-4-12(9-19)21-14-5-6-16-11(2)17-14/h5-6,8,12H,3-4,7,9H2,1-2H3. The molecule has 7 nitrogen and oxygen atoms in total. The highest BCUT2D eigenvalue weighted by atomic mass is 16.5. The minimum absolute atomic E-state index is 0.0694. The molecule has 2 aromatic rings. The number of carbonyl (C=O) groups is 1. The van der Waals surface area contributed by atoms with E-state index < -0.39 is 0 Å². The third kappa shape index (κ3) is 3.24. The summed E-state index contributed by atoms with van der Waals surface area (Å²) in [6.07, 6.45) is 3.38. The van der Waals surface area contributed by atoms with Crippen molar-refractivity contribution in [3.8, 4) is 5.88 Å². The molecule has 3 rings (SSSR count). The van der Waals surface area contributed by atoms with E-state index in [4.69, 9.17) is 9.26 Å². The van der Waals surface area contributed by atoms with Crippen LogP contribution in [0.3, 0.4) is 0 Å². The predicted molar refractivity (Wildman–Crippen MR) is 77.6 cm³/mol. The number of aromatic nitrogens is 3. The van der Waals surface area contributed by atoms with Gasteiger partial charge in [0.1, 0.15) is 17.7 Å². The van der Waals surface area contributed by atoms with Crippen molar-refractivity contribution in [2.45, 2.75) is 32.8 Å². The third-order valence-corrected chi connectivity index (χ3v) is 3.55. The van der Waals surface area contributed by atoms with Gasteiger partial charge in [0.15, 0.2) is 5.69 Å². The first-order chi connectivity index (χ1) is 10.6. The molecule has 0 spiro atoms. The molecule has 2 aromatic heterocycles. The van der Waals surface area contributed by atoms with Gasteiger partial charge in [-0.3, -0.25) is 4.79 Å². The van der Waals surface area contributed by atoms with Crippen molar-refractivity contribution >= 4 is 5.91 Å². The van der Waals surface area contributed by atoms with E-state index in [0.717, 1.165) is 12.8 Å². The summed E-state index contributed by atoms with van der Waals surface area (Å²) < 4.78 is 10.8. The van der Waals surface area contributed by atoms with Crippen LogP contribution < -0.4 is 4.74 Å². The molecule has 3 heterocycles. The number of hydrogen-bond acceptors (Lipinski definition) is 6. The maximum absolute atomic E-state index is 12.4. The van der Waals surface area contributed by atoms with Crippen molar-refractivity contribution in [2.24, 2.45) is 0 Å². The van der Waals surface area contributed by atoms with Gasteiger partial charge in [-0.25, -0.2) is 4.98 Å². The molecule has 0 N–H and O–H groups in total. The molecule has 1 saturated heterocycles. The fourth-order valence-electron chi connectivity index (χ4n) is 2.52. The van der Waals surface area contributed by atoms with Crippen LogP contribution in [0.1, 0.15) is 34.9 Å². The maximum Gasteiger partial charge on any atom is 0.276 e. The summed E-state index contributed by atoms with van der Waals surface area (Å²) in [5, 5.41) is 3.78. The number of piperidine rings is 1. The van der Waals surface area contributed by atoms with E-state index in [-0.39, 0.29) is 12.0 Å². The number of likely N-dealkylation sites (tertiary alicyclic amines) is 1. The van der Waals surface area contributed by atoms with Crippen LogP contribution in [0.15, 0.2) is 22.9 Å². The van der Waals surface area contributed by atoms with Gasteiger partial charge in [0.25, 0.3) is 5.91 Å². The minimum Gasteiger partial charge on any atom is -0.472 e. The van der Waals surface area contributed by atoms with Crippen molar-refractivity contribution in [3.05, 3.63) is 35.6 Å². The molecular weight excluding hydrogens is 284 g/mol. The molecule has 1 amide bonds. The lowest BCUT2D eigenvalue weighted by Gasteiger charge is -2.32. The van der Waals surface area contributed by atoms with E-state index in [1.807, 2.05) is 6.92 Å². The molecule has 1 fully saturated rings. The fourth-order valence-corrected chi connectivity index (χ4v) is 2.52. The van der Waals surface area contributed by atoms with Crippen molar-refractivity contribution in [1.29, 1.82) is 0 Å². The Bertz CT molecular complexity index is 670. The first-order valence-electron chi connectivity index (χ1n) is 7.31. The van der Waals surface area contributed by atoms with Gasteiger partial charge >= 0.3 is 0 Å². The quantitative estimate of drug-likeness (QED) is 0.859. The summed E-state index contributed by atoms with van der Waals surface area (Å²) in [5.74, 6) is 1.72. The topological polar surface area (TPSA) is 81.4 Å². The monoisotopic (exact) mass is 302 g/mol. The van der Waals surface area contributed by atoms with Gasteiger partial charge in [-0.05, 0) is 26.7 Å². The minimum atomic E-state index is -0.121. The molecular formula is C15H18N4O3. The lowest BCUT2D eigenvalue weighted by molar-refractivity contribution is 0.0518. The summed E-state index contributed by atoms with van der Waals surface area (Å²) >= 11 is 0. The van der Waals surface area contributed by atoms with Gasteiger partial charge in [-0.1, -0.05) is 5.16 Å². The van der Waals surface area contributed by atoms with Gasteiger partial charge < -0.3 is 14.2 Å². The van der Waals surface area contributed by atoms with E-state index in [0.29, 0.717) is 36.2 Å². The van der Waals surface area contributed by atoms with E-state index in [1.165, 1.54) is 0 Å². The Morgan fingerprint density at radius 3 is 3.05 bits per heavy atom. The number of hydrogen-bond donors (Lipinski definition) is 0. The van der Waals surface area contributed by atoms with Gasteiger partial charge in [0, 0.05) is 24.9 Å². The highest BCUT2D eigenvalue weighted by Crippen LogP contribution is 2.18. The Morgan fingerprint density at radius 2 is 2.32 bits per heavy atom. The number of aryl methyl sites for hydroxylation is 2. The van der Waals surface area contributed by atoms with Gasteiger partial charge in [-0.2, -0.15) is 4.98 Å². The van der Waals surface area contributed by atoms with E-state index >= 15 is 0 Å². The zero-order chi connectivity index (χ0) is 15.5. The van der Waals surface area contributed by atoms with E-state index in [2.05, 4.69) is 15.1 Å². The average molecular weight is 302 g/mol. The number of rotatable bonds is 3. The normalized spacial score (nSPS) is 18.3. The van der Waals surface area contributed by atoms with Gasteiger partial charge in [0.2, 0.25) is 5.88 Å². The molecule has 0 saturated carbocycles. The highest BCUT2D eigenvalue weighted by Gasteiger charge is 2.27. The number of amides is 1. The first-order valence-corrected chi connectivity index (χ1v) is 7.31. The SMILES string of the molecule is Cc1nccc(OC2CCCN(C(=O)c3cc(C)on3)C2)n1. The Morgan fingerprint density at radius 1 is 1.45 bits per heavy atom. The summed E-state index contributed by atoms with van der Waals surface area (Å²) in [6, 6.07) is 3.38. The van der Waals surface area contributed by atoms with Crippen molar-refractivity contribution in [3.63, 3.8) is 0 Å². The lowest BCUT2D eigenvalue weighted by Crippen LogP contribution is -2.44. The Balaban J connectivity index is 1.65. The van der Waals surface area contributed by atoms with Crippen LogP contribution in [0, 0.1) is 13.8 Å². The molecule has 0 radical (unpaired) electrons. The number of carbonyl (C=O) groups excluding carboxylic acids is 1. The molecule has 1 aliphatic heterocycles. The zero-order valence-electron chi connectivity index (χ0n) is 12.7. The molecule has 116 valence electrons. The van der Waals surface area contributed by atoms with Crippen molar-refractivity contribution in [1.82, 2.24) is 20.0 Å². The Hall–Kier alpha value is -2.44. The van der Waals surface area contributed by atoms with E-state index in [9.17, 15) is 4.79 Å². The lowest BCUT2D eigenvalue weighted by atomic mass is 10.1. The second-order valence-electron chi connectivity index (χ2n) is 5.40. The third-order valence-electron chi connectivity index (χ3n) is 3.55.